The van der Waals surface area contributed by atoms with Gasteiger partial charge in [0, 0.05) is 36.5 Å². The Labute approximate surface area is 246 Å². The fraction of sp³-hybridized carbons (Fsp3) is 0. The van der Waals surface area contributed by atoms with E-state index in [-0.39, 0.29) is 0 Å². The normalized spacial score (nSPS) is 11.8. The van der Waals surface area contributed by atoms with Gasteiger partial charge in [-0.05, 0) is 69.4 Å². The largest absolute Gasteiger partial charge is 0.438 e. The number of thiophene rings is 1. The van der Waals surface area contributed by atoms with Crippen LogP contribution in [0.3, 0.4) is 0 Å². The minimum atomic E-state index is 0.669. The highest BCUT2D eigenvalue weighted by molar-refractivity contribution is 7.26. The molecule has 0 aliphatic heterocycles. The van der Waals surface area contributed by atoms with E-state index in [1.54, 1.807) is 0 Å². The van der Waals surface area contributed by atoms with Crippen LogP contribution >= 0.6 is 11.3 Å². The van der Waals surface area contributed by atoms with Crippen LogP contribution in [0.15, 0.2) is 144 Å². The minimum absolute atomic E-state index is 0.669. The van der Waals surface area contributed by atoms with E-state index in [0.717, 1.165) is 33.2 Å². The first-order chi connectivity index (χ1) is 20.8. The first kappa shape index (κ1) is 23.5. The smallest absolute Gasteiger partial charge is 0.227 e. The van der Waals surface area contributed by atoms with Crippen LogP contribution in [0.4, 0.5) is 0 Å². The van der Waals surface area contributed by atoms with Crippen molar-refractivity contribution in [2.75, 3.05) is 0 Å². The summed E-state index contributed by atoms with van der Waals surface area (Å²) in [5.41, 5.74) is 8.35. The topological polar surface area (TPSA) is 26.0 Å². The zero-order chi connectivity index (χ0) is 27.6. The molecule has 3 heterocycles. The summed E-state index contributed by atoms with van der Waals surface area (Å²) in [5.74, 6) is 0. The highest BCUT2D eigenvalue weighted by atomic mass is 32.1. The van der Waals surface area contributed by atoms with E-state index in [4.69, 9.17) is 9.40 Å². The third kappa shape index (κ3) is 3.61. The van der Waals surface area contributed by atoms with Crippen molar-refractivity contribution >= 4 is 64.4 Å². The Morgan fingerprint density at radius 1 is 0.500 bits per heavy atom. The summed E-state index contributed by atoms with van der Waals surface area (Å²) in [7, 11) is 0. The maximum atomic E-state index is 6.25. The fourth-order valence-corrected chi connectivity index (χ4v) is 7.53. The molecule has 3 aromatic heterocycles. The number of benzene rings is 6. The number of rotatable bonds is 3. The maximum Gasteiger partial charge on any atom is 0.227 e. The lowest BCUT2D eigenvalue weighted by atomic mass is 9.96. The van der Waals surface area contributed by atoms with Gasteiger partial charge in [0.15, 0.2) is 0 Å². The van der Waals surface area contributed by atoms with Gasteiger partial charge in [0.2, 0.25) is 5.71 Å². The van der Waals surface area contributed by atoms with Gasteiger partial charge in [-0.1, -0.05) is 103 Å². The molecule has 0 bridgehead atoms. The average molecular weight is 554 g/mol. The molecular weight excluding hydrogens is 531 g/mol. The zero-order valence-electron chi connectivity index (χ0n) is 22.5. The molecule has 9 rings (SSSR count). The number of fused-ring (bicyclic) bond motifs is 8. The van der Waals surface area contributed by atoms with E-state index in [1.807, 2.05) is 17.4 Å². The molecule has 0 saturated carbocycles. The average Bonchev–Trinajstić information content (AvgIpc) is 3.63. The summed E-state index contributed by atoms with van der Waals surface area (Å²) in [6.45, 7) is 0. The third-order valence-electron chi connectivity index (χ3n) is 8.30. The van der Waals surface area contributed by atoms with Crippen LogP contribution < -0.4 is 0 Å². The van der Waals surface area contributed by atoms with Crippen LogP contribution in [0.5, 0.6) is 0 Å². The predicted molar refractivity (Wildman–Crippen MR) is 178 cm³/mol. The lowest BCUT2D eigenvalue weighted by Crippen LogP contribution is -1.86. The molecule has 9 aromatic rings. The highest BCUT2D eigenvalue weighted by Gasteiger charge is 2.14. The monoisotopic (exact) mass is 553 g/mol. The third-order valence-corrected chi connectivity index (χ3v) is 9.52. The first-order valence-electron chi connectivity index (χ1n) is 14.1. The van der Waals surface area contributed by atoms with Crippen molar-refractivity contribution in [1.82, 2.24) is 4.98 Å². The van der Waals surface area contributed by atoms with E-state index >= 15 is 0 Å². The standard InChI is InChI=1S/C39H23NOS/c1-2-13-29-24(8-1)18-21-35-37(29)33-19-20-34(40-39(33)41-35)28-12-6-10-26(23-28)25-9-5-11-27(22-25)30-15-7-16-32-31-14-3-4-17-36(31)42-38(30)32/h1-23H. The zero-order valence-corrected chi connectivity index (χ0v) is 23.4. The van der Waals surface area contributed by atoms with Gasteiger partial charge in [0.05, 0.1) is 5.69 Å². The van der Waals surface area contributed by atoms with Crippen LogP contribution in [0, 0.1) is 0 Å². The predicted octanol–water partition coefficient (Wildman–Crippen LogP) is 11.5. The number of pyridine rings is 1. The van der Waals surface area contributed by atoms with Crippen LogP contribution in [-0.2, 0) is 0 Å². The molecule has 0 N–H and O–H groups in total. The quantitative estimate of drug-likeness (QED) is 0.217. The molecule has 6 aromatic carbocycles. The summed E-state index contributed by atoms with van der Waals surface area (Å²) in [5, 5.41) is 7.21. The summed E-state index contributed by atoms with van der Waals surface area (Å²) < 4.78 is 8.91. The van der Waals surface area contributed by atoms with Crippen molar-refractivity contribution in [3.63, 3.8) is 0 Å². The van der Waals surface area contributed by atoms with E-state index < -0.39 is 0 Å². The summed E-state index contributed by atoms with van der Waals surface area (Å²) in [4.78, 5) is 4.98. The second-order valence-electron chi connectivity index (χ2n) is 10.8. The second kappa shape index (κ2) is 9.13. The van der Waals surface area contributed by atoms with Crippen molar-refractivity contribution in [3.8, 4) is 33.5 Å². The van der Waals surface area contributed by atoms with Crippen LogP contribution in [0.25, 0.3) is 86.5 Å². The molecule has 0 unspecified atom stereocenters. The maximum absolute atomic E-state index is 6.25. The Morgan fingerprint density at radius 2 is 1.21 bits per heavy atom. The van der Waals surface area contributed by atoms with Crippen molar-refractivity contribution in [2.45, 2.75) is 0 Å². The lowest BCUT2D eigenvalue weighted by Gasteiger charge is -2.09. The van der Waals surface area contributed by atoms with Crippen molar-refractivity contribution < 1.29 is 4.42 Å². The molecule has 0 atom stereocenters. The molecule has 0 saturated heterocycles. The summed E-state index contributed by atoms with van der Waals surface area (Å²) >= 11 is 1.87. The van der Waals surface area contributed by atoms with E-state index in [1.165, 1.54) is 47.6 Å². The molecule has 0 spiro atoms. The highest BCUT2D eigenvalue weighted by Crippen LogP contribution is 2.41. The molecule has 196 valence electrons. The summed E-state index contributed by atoms with van der Waals surface area (Å²) in [6.07, 6.45) is 0. The number of hydrogen-bond donors (Lipinski definition) is 0. The van der Waals surface area contributed by atoms with E-state index in [9.17, 15) is 0 Å². The van der Waals surface area contributed by atoms with Crippen LogP contribution in [-0.4, -0.2) is 4.98 Å². The molecule has 3 heteroatoms. The Bertz CT molecular complexity index is 2480. The molecular formula is C39H23NOS. The van der Waals surface area contributed by atoms with Crippen molar-refractivity contribution in [2.24, 2.45) is 0 Å². The number of furan rings is 1. The second-order valence-corrected chi connectivity index (χ2v) is 11.8. The van der Waals surface area contributed by atoms with E-state index in [2.05, 4.69) is 133 Å². The van der Waals surface area contributed by atoms with Gasteiger partial charge < -0.3 is 4.42 Å². The first-order valence-corrected chi connectivity index (χ1v) is 14.9. The fourth-order valence-electron chi connectivity index (χ4n) is 6.29. The minimum Gasteiger partial charge on any atom is -0.438 e. The Morgan fingerprint density at radius 3 is 2.12 bits per heavy atom. The van der Waals surface area contributed by atoms with E-state index in [0.29, 0.717) is 5.71 Å². The van der Waals surface area contributed by atoms with Gasteiger partial charge in [0.25, 0.3) is 0 Å². The molecule has 0 amide bonds. The molecule has 2 nitrogen and oxygen atoms in total. The van der Waals surface area contributed by atoms with Gasteiger partial charge in [-0.15, -0.1) is 11.3 Å². The van der Waals surface area contributed by atoms with Gasteiger partial charge in [-0.3, -0.25) is 0 Å². The van der Waals surface area contributed by atoms with Crippen molar-refractivity contribution in [3.05, 3.63) is 140 Å². The van der Waals surface area contributed by atoms with Gasteiger partial charge in [0.1, 0.15) is 5.58 Å². The Balaban J connectivity index is 1.13. The number of aromatic nitrogens is 1. The van der Waals surface area contributed by atoms with Crippen LogP contribution in [0.1, 0.15) is 0 Å². The van der Waals surface area contributed by atoms with Gasteiger partial charge >= 0.3 is 0 Å². The molecule has 0 aliphatic carbocycles. The van der Waals surface area contributed by atoms with Gasteiger partial charge in [-0.25, -0.2) is 4.98 Å². The molecule has 0 aliphatic rings. The Hall–Kier alpha value is -5.25. The van der Waals surface area contributed by atoms with Crippen molar-refractivity contribution in [1.29, 1.82) is 0 Å². The van der Waals surface area contributed by atoms with Gasteiger partial charge in [-0.2, -0.15) is 0 Å². The molecule has 42 heavy (non-hydrogen) atoms. The lowest BCUT2D eigenvalue weighted by molar-refractivity contribution is 0.655. The van der Waals surface area contributed by atoms with Crippen LogP contribution in [0.2, 0.25) is 0 Å². The molecule has 0 fully saturated rings. The Kier molecular flexibility index (Phi) is 5.10. The SMILES string of the molecule is c1cc(-c2cccc(-c3cccc4c3sc3ccccc34)c2)cc(-c2ccc3c(n2)oc2ccc4ccccc4c23)c1. The number of hydrogen-bond acceptors (Lipinski definition) is 3. The molecule has 0 radical (unpaired) electrons. The number of nitrogens with zero attached hydrogens (tertiary/aromatic N) is 1. The summed E-state index contributed by atoms with van der Waals surface area (Å²) in [6, 6.07) is 49.7.